The van der Waals surface area contributed by atoms with Crippen molar-refractivity contribution in [3.05, 3.63) is 59.2 Å². The van der Waals surface area contributed by atoms with Crippen molar-refractivity contribution in [3.63, 3.8) is 0 Å². The highest BCUT2D eigenvalue weighted by atomic mass is 19.4. The Morgan fingerprint density at radius 3 is 2.27 bits per heavy atom. The molecule has 3 N–H and O–H groups in total. The lowest BCUT2D eigenvalue weighted by molar-refractivity contribution is -0.192. The Hall–Kier alpha value is -3.56. The number of piperidine rings is 1. The van der Waals surface area contributed by atoms with Crippen LogP contribution in [0.3, 0.4) is 0 Å². The molecular weight excluding hydrogens is 441 g/mol. The minimum atomic E-state index is -5.08. The van der Waals surface area contributed by atoms with Crippen molar-refractivity contribution in [1.29, 1.82) is 0 Å². The molecule has 1 unspecified atom stereocenters. The van der Waals surface area contributed by atoms with Crippen molar-refractivity contribution in [2.24, 2.45) is 5.92 Å². The molecular formula is C23H25F3N2O5. The number of carbonyl (C=O) groups is 3. The van der Waals surface area contributed by atoms with E-state index in [2.05, 4.69) is 17.1 Å². The van der Waals surface area contributed by atoms with Crippen molar-refractivity contribution < 1.29 is 37.8 Å². The monoisotopic (exact) mass is 466 g/mol. The number of hydrogen-bond acceptors (Lipinski definition) is 4. The fourth-order valence-electron chi connectivity index (χ4n) is 3.43. The van der Waals surface area contributed by atoms with Crippen LogP contribution in [0.25, 0.3) is 0 Å². The molecule has 0 bridgehead atoms. The van der Waals surface area contributed by atoms with Crippen molar-refractivity contribution in [2.75, 3.05) is 23.3 Å². The molecule has 3 rings (SSSR count). The fraction of sp³-hybridized carbons (Fsp3) is 0.348. The van der Waals surface area contributed by atoms with Gasteiger partial charge in [-0.15, -0.1) is 0 Å². The van der Waals surface area contributed by atoms with Crippen LogP contribution < -0.4 is 10.2 Å². The van der Waals surface area contributed by atoms with Gasteiger partial charge >= 0.3 is 18.1 Å². The van der Waals surface area contributed by atoms with Gasteiger partial charge in [-0.1, -0.05) is 24.6 Å². The van der Waals surface area contributed by atoms with Crippen LogP contribution in [-0.4, -0.2) is 47.3 Å². The van der Waals surface area contributed by atoms with Gasteiger partial charge in [0, 0.05) is 18.7 Å². The number of amides is 1. The molecule has 1 fully saturated rings. The molecule has 33 heavy (non-hydrogen) atoms. The van der Waals surface area contributed by atoms with E-state index in [0.717, 1.165) is 30.8 Å². The van der Waals surface area contributed by atoms with E-state index in [1.165, 1.54) is 6.42 Å². The van der Waals surface area contributed by atoms with Crippen LogP contribution in [0, 0.1) is 12.8 Å². The van der Waals surface area contributed by atoms with Crippen LogP contribution in [0.5, 0.6) is 0 Å². The number of carboxylic acid groups (broad SMARTS) is 2. The predicted molar refractivity (Wildman–Crippen MR) is 117 cm³/mol. The third kappa shape index (κ3) is 7.51. The largest absolute Gasteiger partial charge is 0.490 e. The number of hydrogen-bond donors (Lipinski definition) is 3. The summed E-state index contributed by atoms with van der Waals surface area (Å²) < 4.78 is 31.7. The van der Waals surface area contributed by atoms with Gasteiger partial charge in [0.2, 0.25) is 0 Å². The molecule has 1 amide bonds. The van der Waals surface area contributed by atoms with Crippen LogP contribution in [-0.2, 0) is 4.79 Å². The summed E-state index contributed by atoms with van der Waals surface area (Å²) in [5.74, 6) is -3.42. The lowest BCUT2D eigenvalue weighted by atomic mass is 9.99. The normalized spacial score (nSPS) is 15.8. The van der Waals surface area contributed by atoms with E-state index in [9.17, 15) is 27.9 Å². The second-order valence-corrected chi connectivity index (χ2v) is 7.86. The van der Waals surface area contributed by atoms with E-state index in [-0.39, 0.29) is 11.5 Å². The summed E-state index contributed by atoms with van der Waals surface area (Å²) in [5, 5.41) is 19.4. The number of alkyl halides is 3. The molecule has 0 saturated carbocycles. The highest BCUT2D eigenvalue weighted by Crippen LogP contribution is 2.31. The molecule has 1 heterocycles. The summed E-state index contributed by atoms with van der Waals surface area (Å²) in [4.78, 5) is 35.2. The first kappa shape index (κ1) is 25.7. The third-order valence-corrected chi connectivity index (χ3v) is 5.01. The van der Waals surface area contributed by atoms with E-state index in [1.54, 1.807) is 24.3 Å². The van der Waals surface area contributed by atoms with E-state index in [4.69, 9.17) is 9.90 Å². The number of carbonyl (C=O) groups excluding carboxylic acids is 1. The van der Waals surface area contributed by atoms with Gasteiger partial charge in [0.05, 0.1) is 16.9 Å². The summed E-state index contributed by atoms with van der Waals surface area (Å²) in [5.41, 5.74) is 3.15. The number of anilines is 2. The molecule has 2 aromatic carbocycles. The molecule has 0 aliphatic carbocycles. The zero-order chi connectivity index (χ0) is 24.8. The topological polar surface area (TPSA) is 107 Å². The van der Waals surface area contributed by atoms with Crippen molar-refractivity contribution in [3.8, 4) is 0 Å². The number of halogens is 3. The molecule has 178 valence electrons. The SMILES string of the molecule is Cc1cccc(C(=O)Nc2cc(C(=O)O)ccc2N2CCCC(C)C2)c1.O=C(O)C(F)(F)F. The molecule has 0 radical (unpaired) electrons. The van der Waals surface area contributed by atoms with E-state index in [0.29, 0.717) is 17.2 Å². The first-order chi connectivity index (χ1) is 15.4. The summed E-state index contributed by atoms with van der Waals surface area (Å²) >= 11 is 0. The maximum absolute atomic E-state index is 12.7. The number of carboxylic acids is 2. The van der Waals surface area contributed by atoms with Crippen molar-refractivity contribution in [1.82, 2.24) is 0 Å². The fourth-order valence-corrected chi connectivity index (χ4v) is 3.43. The molecule has 7 nitrogen and oxygen atoms in total. The Bertz CT molecular complexity index is 1020. The second kappa shape index (κ2) is 10.8. The molecule has 2 aromatic rings. The zero-order valence-corrected chi connectivity index (χ0v) is 18.1. The van der Waals surface area contributed by atoms with Gasteiger partial charge in [-0.05, 0) is 56.0 Å². The Kier molecular flexibility index (Phi) is 8.44. The standard InChI is InChI=1S/C21H24N2O3.C2HF3O2/c1-14-5-3-7-16(11-14)20(24)22-18-12-17(21(25)26)8-9-19(18)23-10-4-6-15(2)13-23;3-2(4,5)1(6)7/h3,5,7-9,11-12,15H,4,6,10,13H2,1-2H3,(H,22,24)(H,25,26);(H,6,7). The minimum absolute atomic E-state index is 0.165. The van der Waals surface area contributed by atoms with E-state index < -0.39 is 18.1 Å². The number of nitrogens with one attached hydrogen (secondary N) is 1. The van der Waals surface area contributed by atoms with Gasteiger partial charge in [-0.25, -0.2) is 9.59 Å². The first-order valence-corrected chi connectivity index (χ1v) is 10.2. The van der Waals surface area contributed by atoms with Crippen LogP contribution in [0.2, 0.25) is 0 Å². The Balaban J connectivity index is 0.000000479. The highest BCUT2D eigenvalue weighted by Gasteiger charge is 2.38. The number of aryl methyl sites for hydroxylation is 1. The van der Waals surface area contributed by atoms with Gasteiger partial charge < -0.3 is 20.4 Å². The zero-order valence-electron chi connectivity index (χ0n) is 18.1. The molecule has 10 heteroatoms. The number of benzene rings is 2. The van der Waals surface area contributed by atoms with Gasteiger partial charge in [0.1, 0.15) is 0 Å². The van der Waals surface area contributed by atoms with Crippen molar-refractivity contribution in [2.45, 2.75) is 32.9 Å². The van der Waals surface area contributed by atoms with Crippen LogP contribution in [0.15, 0.2) is 42.5 Å². The Morgan fingerprint density at radius 2 is 1.73 bits per heavy atom. The van der Waals surface area contributed by atoms with Gasteiger partial charge in [0.15, 0.2) is 0 Å². The Labute approximate surface area is 188 Å². The van der Waals surface area contributed by atoms with Gasteiger partial charge in [-0.3, -0.25) is 4.79 Å². The molecule has 1 aliphatic heterocycles. The van der Waals surface area contributed by atoms with E-state index in [1.807, 2.05) is 25.1 Å². The van der Waals surface area contributed by atoms with Crippen LogP contribution >= 0.6 is 0 Å². The van der Waals surface area contributed by atoms with Gasteiger partial charge in [-0.2, -0.15) is 13.2 Å². The average molecular weight is 466 g/mol. The predicted octanol–water partition coefficient (Wildman–Crippen LogP) is 4.82. The molecule has 1 saturated heterocycles. The number of aliphatic carboxylic acids is 1. The molecule has 0 spiro atoms. The molecule has 0 aromatic heterocycles. The van der Waals surface area contributed by atoms with Crippen LogP contribution in [0.4, 0.5) is 24.5 Å². The Morgan fingerprint density at radius 1 is 1.06 bits per heavy atom. The highest BCUT2D eigenvalue weighted by molar-refractivity contribution is 6.06. The lowest BCUT2D eigenvalue weighted by Crippen LogP contribution is -2.35. The first-order valence-electron chi connectivity index (χ1n) is 10.2. The summed E-state index contributed by atoms with van der Waals surface area (Å²) in [7, 11) is 0. The summed E-state index contributed by atoms with van der Waals surface area (Å²) in [6, 6.07) is 12.3. The second-order valence-electron chi connectivity index (χ2n) is 7.86. The quantitative estimate of drug-likeness (QED) is 0.597. The third-order valence-electron chi connectivity index (χ3n) is 5.01. The molecule has 1 atom stereocenters. The van der Waals surface area contributed by atoms with Crippen LogP contribution in [0.1, 0.15) is 46.0 Å². The summed E-state index contributed by atoms with van der Waals surface area (Å²) in [6.45, 7) is 5.95. The maximum atomic E-state index is 12.7. The lowest BCUT2D eigenvalue weighted by Gasteiger charge is -2.34. The average Bonchev–Trinajstić information content (AvgIpc) is 2.73. The van der Waals surface area contributed by atoms with Crippen molar-refractivity contribution >= 4 is 29.2 Å². The van der Waals surface area contributed by atoms with E-state index >= 15 is 0 Å². The summed E-state index contributed by atoms with van der Waals surface area (Å²) in [6.07, 6.45) is -2.80. The minimum Gasteiger partial charge on any atom is -0.478 e. The molecule has 1 aliphatic rings. The maximum Gasteiger partial charge on any atom is 0.490 e. The number of nitrogens with zero attached hydrogens (tertiary/aromatic N) is 1. The van der Waals surface area contributed by atoms with Gasteiger partial charge in [0.25, 0.3) is 5.91 Å². The smallest absolute Gasteiger partial charge is 0.478 e. The number of rotatable bonds is 4. The number of aromatic carboxylic acids is 1.